The van der Waals surface area contributed by atoms with Crippen LogP contribution in [-0.4, -0.2) is 47.9 Å². The third-order valence-corrected chi connectivity index (χ3v) is 3.64. The highest BCUT2D eigenvalue weighted by molar-refractivity contribution is 5.68. The van der Waals surface area contributed by atoms with E-state index < -0.39 is 5.60 Å². The molecular weight excluding hydrogens is 232 g/mol. The number of nitrogens with two attached hydrogens (primary N) is 1. The van der Waals surface area contributed by atoms with Gasteiger partial charge in [0.1, 0.15) is 5.60 Å². The van der Waals surface area contributed by atoms with Gasteiger partial charge in [0.2, 0.25) is 0 Å². The molecule has 2 aliphatic rings. The van der Waals surface area contributed by atoms with Gasteiger partial charge in [0.05, 0.1) is 19.3 Å². The molecule has 5 nitrogen and oxygen atoms in total. The van der Waals surface area contributed by atoms with E-state index in [2.05, 4.69) is 0 Å². The maximum Gasteiger partial charge on any atom is 0.410 e. The molecule has 1 amide bonds. The lowest BCUT2D eigenvalue weighted by atomic mass is 9.73. The minimum Gasteiger partial charge on any atom is -0.444 e. The molecule has 0 radical (unpaired) electrons. The zero-order valence-electron chi connectivity index (χ0n) is 11.6. The van der Waals surface area contributed by atoms with Crippen LogP contribution < -0.4 is 5.73 Å². The number of amides is 1. The van der Waals surface area contributed by atoms with Gasteiger partial charge in [0.25, 0.3) is 0 Å². The van der Waals surface area contributed by atoms with Crippen molar-refractivity contribution < 1.29 is 14.3 Å². The Bertz CT molecular complexity index is 321. The Kier molecular flexibility index (Phi) is 3.56. The molecule has 0 aromatic carbocycles. The van der Waals surface area contributed by atoms with Crippen LogP contribution in [0.3, 0.4) is 0 Å². The predicted octanol–water partition coefficient (Wildman–Crippen LogP) is 1.50. The van der Waals surface area contributed by atoms with Crippen LogP contribution in [0.2, 0.25) is 0 Å². The van der Waals surface area contributed by atoms with Crippen LogP contribution in [0.15, 0.2) is 0 Å². The van der Waals surface area contributed by atoms with E-state index in [4.69, 9.17) is 15.2 Å². The summed E-state index contributed by atoms with van der Waals surface area (Å²) in [6, 6.07) is 0. The van der Waals surface area contributed by atoms with E-state index in [-0.39, 0.29) is 17.7 Å². The Morgan fingerprint density at radius 1 is 1.44 bits per heavy atom. The average molecular weight is 256 g/mol. The van der Waals surface area contributed by atoms with Crippen LogP contribution in [0.25, 0.3) is 0 Å². The molecule has 2 rings (SSSR count). The maximum atomic E-state index is 12.0. The molecule has 0 bridgehead atoms. The molecule has 2 N–H and O–H groups in total. The molecule has 1 saturated heterocycles. The molecule has 2 fully saturated rings. The molecule has 1 heterocycles. The molecular formula is C13H24N2O3. The summed E-state index contributed by atoms with van der Waals surface area (Å²) in [7, 11) is 0. The van der Waals surface area contributed by atoms with E-state index in [1.54, 1.807) is 4.90 Å². The fourth-order valence-corrected chi connectivity index (χ4v) is 2.40. The SMILES string of the molecule is CC(C)(C)OC(=O)N1CCOC(C2(N)CCC2)C1. The topological polar surface area (TPSA) is 64.8 Å². The van der Waals surface area contributed by atoms with Crippen molar-refractivity contribution >= 4 is 6.09 Å². The third-order valence-electron chi connectivity index (χ3n) is 3.64. The van der Waals surface area contributed by atoms with Crippen LogP contribution in [-0.2, 0) is 9.47 Å². The summed E-state index contributed by atoms with van der Waals surface area (Å²) in [5, 5.41) is 0. The Balaban J connectivity index is 1.92. The van der Waals surface area contributed by atoms with E-state index >= 15 is 0 Å². The second kappa shape index (κ2) is 4.70. The Labute approximate surface area is 109 Å². The number of hydrogen-bond donors (Lipinski definition) is 1. The van der Waals surface area contributed by atoms with Gasteiger partial charge in [0.15, 0.2) is 0 Å². The molecule has 1 aliphatic carbocycles. The van der Waals surface area contributed by atoms with Crippen molar-refractivity contribution in [2.24, 2.45) is 5.73 Å². The van der Waals surface area contributed by atoms with Gasteiger partial charge in [0, 0.05) is 12.1 Å². The van der Waals surface area contributed by atoms with E-state index in [1.807, 2.05) is 20.8 Å². The molecule has 0 aromatic rings. The number of carbonyl (C=O) groups is 1. The van der Waals surface area contributed by atoms with Crippen molar-refractivity contribution in [2.75, 3.05) is 19.7 Å². The molecule has 1 saturated carbocycles. The summed E-state index contributed by atoms with van der Waals surface area (Å²) in [4.78, 5) is 13.7. The maximum absolute atomic E-state index is 12.0. The summed E-state index contributed by atoms with van der Waals surface area (Å²) in [5.74, 6) is 0. The number of carbonyl (C=O) groups excluding carboxylic acids is 1. The Hall–Kier alpha value is -0.810. The van der Waals surface area contributed by atoms with Gasteiger partial charge in [-0.05, 0) is 40.0 Å². The van der Waals surface area contributed by atoms with Gasteiger partial charge in [-0.25, -0.2) is 4.79 Å². The predicted molar refractivity (Wildman–Crippen MR) is 68.3 cm³/mol. The highest BCUT2D eigenvalue weighted by atomic mass is 16.6. The summed E-state index contributed by atoms with van der Waals surface area (Å²) in [5.41, 5.74) is 5.57. The first-order valence-corrected chi connectivity index (χ1v) is 6.69. The lowest BCUT2D eigenvalue weighted by Gasteiger charge is -2.47. The van der Waals surface area contributed by atoms with Crippen molar-refractivity contribution in [2.45, 2.75) is 57.3 Å². The first-order valence-electron chi connectivity index (χ1n) is 6.69. The van der Waals surface area contributed by atoms with Gasteiger partial charge in [-0.2, -0.15) is 0 Å². The van der Waals surface area contributed by atoms with E-state index in [0.29, 0.717) is 19.7 Å². The second-order valence-corrected chi connectivity index (χ2v) is 6.37. The summed E-state index contributed by atoms with van der Waals surface area (Å²) >= 11 is 0. The fraction of sp³-hybridized carbons (Fsp3) is 0.923. The van der Waals surface area contributed by atoms with Crippen molar-refractivity contribution in [3.05, 3.63) is 0 Å². The molecule has 1 unspecified atom stereocenters. The second-order valence-electron chi connectivity index (χ2n) is 6.37. The molecule has 1 aliphatic heterocycles. The van der Waals surface area contributed by atoms with Crippen LogP contribution in [0.5, 0.6) is 0 Å². The van der Waals surface area contributed by atoms with Crippen molar-refractivity contribution in [1.82, 2.24) is 4.90 Å². The highest BCUT2D eigenvalue weighted by Crippen LogP contribution is 2.35. The quantitative estimate of drug-likeness (QED) is 0.772. The van der Waals surface area contributed by atoms with Gasteiger partial charge in [-0.3, -0.25) is 0 Å². The lowest BCUT2D eigenvalue weighted by molar-refractivity contribution is -0.0876. The highest BCUT2D eigenvalue weighted by Gasteiger charge is 2.44. The zero-order valence-corrected chi connectivity index (χ0v) is 11.6. The molecule has 1 atom stereocenters. The Morgan fingerprint density at radius 3 is 2.61 bits per heavy atom. The number of morpholine rings is 1. The van der Waals surface area contributed by atoms with E-state index in [9.17, 15) is 4.79 Å². The minimum absolute atomic E-state index is 0.0486. The lowest BCUT2D eigenvalue weighted by Crippen LogP contribution is -2.63. The van der Waals surface area contributed by atoms with Crippen LogP contribution >= 0.6 is 0 Å². The van der Waals surface area contributed by atoms with Crippen LogP contribution in [0.1, 0.15) is 40.0 Å². The molecule has 0 aromatic heterocycles. The normalized spacial score (nSPS) is 27.6. The molecule has 0 spiro atoms. The van der Waals surface area contributed by atoms with Crippen molar-refractivity contribution in [1.29, 1.82) is 0 Å². The summed E-state index contributed by atoms with van der Waals surface area (Å²) < 4.78 is 11.1. The average Bonchev–Trinajstić information content (AvgIpc) is 2.24. The minimum atomic E-state index is -0.457. The first kappa shape index (κ1) is 13.6. The summed E-state index contributed by atoms with van der Waals surface area (Å²) in [6.45, 7) is 7.30. The fourth-order valence-electron chi connectivity index (χ4n) is 2.40. The monoisotopic (exact) mass is 256 g/mol. The van der Waals surface area contributed by atoms with Gasteiger partial charge in [-0.1, -0.05) is 0 Å². The standard InChI is InChI=1S/C13H24N2O3/c1-12(2,3)18-11(16)15-7-8-17-10(9-15)13(14)5-4-6-13/h10H,4-9,14H2,1-3H3. The summed E-state index contributed by atoms with van der Waals surface area (Å²) in [6.07, 6.45) is 2.81. The largest absolute Gasteiger partial charge is 0.444 e. The Morgan fingerprint density at radius 2 is 2.11 bits per heavy atom. The molecule has 5 heteroatoms. The number of rotatable bonds is 1. The van der Waals surface area contributed by atoms with Gasteiger partial charge < -0.3 is 20.1 Å². The van der Waals surface area contributed by atoms with Crippen LogP contribution in [0.4, 0.5) is 4.79 Å². The van der Waals surface area contributed by atoms with Gasteiger partial charge >= 0.3 is 6.09 Å². The number of nitrogens with zero attached hydrogens (tertiary/aromatic N) is 1. The number of hydrogen-bond acceptors (Lipinski definition) is 4. The third kappa shape index (κ3) is 2.95. The molecule has 104 valence electrons. The number of ether oxygens (including phenoxy) is 2. The van der Waals surface area contributed by atoms with Gasteiger partial charge in [-0.15, -0.1) is 0 Å². The van der Waals surface area contributed by atoms with Crippen molar-refractivity contribution in [3.63, 3.8) is 0 Å². The van der Waals surface area contributed by atoms with E-state index in [0.717, 1.165) is 19.3 Å². The van der Waals surface area contributed by atoms with Crippen LogP contribution in [0, 0.1) is 0 Å². The zero-order chi connectivity index (χ0) is 13.4. The van der Waals surface area contributed by atoms with Crippen molar-refractivity contribution in [3.8, 4) is 0 Å². The molecule has 18 heavy (non-hydrogen) atoms. The smallest absolute Gasteiger partial charge is 0.410 e. The first-order chi connectivity index (χ1) is 8.30. The van der Waals surface area contributed by atoms with E-state index in [1.165, 1.54) is 0 Å².